The Kier molecular flexibility index (Phi) is 4.02. The smallest absolute Gasteiger partial charge is 0.137 e. The number of methoxy groups -OCH3 is 1. The molecule has 1 atom stereocenters. The topological polar surface area (TPSA) is 29.5 Å². The summed E-state index contributed by atoms with van der Waals surface area (Å²) < 4.78 is 31.2. The highest BCUT2D eigenvalue weighted by atomic mass is 35.5. The fraction of sp³-hybridized carbons (Fsp3) is 0.143. The standard InChI is InChI=1S/C14H11ClF2O2/c1-19-13-3-2-8(6-12(13)15)14(18)9-4-10(16)7-11(17)5-9/h2-7,14,18H,1H3. The van der Waals surface area contributed by atoms with E-state index in [-0.39, 0.29) is 5.56 Å². The van der Waals surface area contributed by atoms with E-state index in [0.29, 0.717) is 16.3 Å². The molecule has 0 aromatic heterocycles. The van der Waals surface area contributed by atoms with Crippen LogP contribution in [0.15, 0.2) is 36.4 Å². The lowest BCUT2D eigenvalue weighted by Gasteiger charge is -2.13. The van der Waals surface area contributed by atoms with E-state index in [9.17, 15) is 13.9 Å². The number of ether oxygens (including phenoxy) is 1. The molecule has 0 amide bonds. The highest BCUT2D eigenvalue weighted by molar-refractivity contribution is 6.32. The largest absolute Gasteiger partial charge is 0.495 e. The zero-order valence-corrected chi connectivity index (χ0v) is 10.8. The summed E-state index contributed by atoms with van der Waals surface area (Å²) in [5, 5.41) is 10.4. The molecule has 0 spiro atoms. The van der Waals surface area contributed by atoms with Crippen molar-refractivity contribution in [2.24, 2.45) is 0 Å². The maximum Gasteiger partial charge on any atom is 0.137 e. The van der Waals surface area contributed by atoms with Gasteiger partial charge in [-0.2, -0.15) is 0 Å². The summed E-state index contributed by atoms with van der Waals surface area (Å²) in [7, 11) is 1.47. The SMILES string of the molecule is COc1ccc(C(O)c2cc(F)cc(F)c2)cc1Cl. The number of aliphatic hydroxyl groups excluding tert-OH is 1. The average Bonchev–Trinajstić information content (AvgIpc) is 2.36. The van der Waals surface area contributed by atoms with Crippen molar-refractivity contribution in [1.82, 2.24) is 0 Å². The van der Waals surface area contributed by atoms with Gasteiger partial charge in [0.2, 0.25) is 0 Å². The Morgan fingerprint density at radius 3 is 2.21 bits per heavy atom. The minimum absolute atomic E-state index is 0.124. The second-order valence-corrected chi connectivity index (χ2v) is 4.41. The van der Waals surface area contributed by atoms with Crippen LogP contribution in [0, 0.1) is 11.6 Å². The molecule has 2 aromatic carbocycles. The van der Waals surface area contributed by atoms with Gasteiger partial charge in [0.25, 0.3) is 0 Å². The van der Waals surface area contributed by atoms with Gasteiger partial charge in [-0.25, -0.2) is 8.78 Å². The summed E-state index contributed by atoms with van der Waals surface area (Å²) in [6, 6.07) is 7.55. The second-order valence-electron chi connectivity index (χ2n) is 4.00. The Hall–Kier alpha value is -1.65. The molecule has 0 radical (unpaired) electrons. The first kappa shape index (κ1) is 13.8. The molecule has 0 saturated heterocycles. The van der Waals surface area contributed by atoms with Gasteiger partial charge >= 0.3 is 0 Å². The second kappa shape index (κ2) is 5.55. The van der Waals surface area contributed by atoms with Gasteiger partial charge in [-0.15, -0.1) is 0 Å². The van der Waals surface area contributed by atoms with Crippen LogP contribution in [0.1, 0.15) is 17.2 Å². The van der Waals surface area contributed by atoms with Crippen molar-refractivity contribution in [3.8, 4) is 5.75 Å². The number of benzene rings is 2. The van der Waals surface area contributed by atoms with Crippen LogP contribution in [-0.4, -0.2) is 12.2 Å². The number of aliphatic hydroxyl groups is 1. The number of hydrogen-bond donors (Lipinski definition) is 1. The predicted molar refractivity (Wildman–Crippen MR) is 68.4 cm³/mol. The highest BCUT2D eigenvalue weighted by Gasteiger charge is 2.14. The fourth-order valence-electron chi connectivity index (χ4n) is 1.78. The maximum absolute atomic E-state index is 13.1. The molecule has 0 heterocycles. The van der Waals surface area contributed by atoms with Crippen molar-refractivity contribution in [3.05, 3.63) is 64.2 Å². The molecular formula is C14H11ClF2O2. The summed E-state index contributed by atoms with van der Waals surface area (Å²) in [4.78, 5) is 0. The molecule has 0 aliphatic rings. The predicted octanol–water partition coefficient (Wildman–Crippen LogP) is 3.71. The van der Waals surface area contributed by atoms with Crippen molar-refractivity contribution in [1.29, 1.82) is 0 Å². The third kappa shape index (κ3) is 3.03. The zero-order valence-electron chi connectivity index (χ0n) is 10.0. The molecule has 100 valence electrons. The molecule has 0 saturated carbocycles. The summed E-state index contributed by atoms with van der Waals surface area (Å²) in [6.45, 7) is 0. The molecule has 0 aliphatic heterocycles. The van der Waals surface area contributed by atoms with Crippen molar-refractivity contribution >= 4 is 11.6 Å². The zero-order chi connectivity index (χ0) is 14.0. The average molecular weight is 285 g/mol. The first-order valence-electron chi connectivity index (χ1n) is 5.48. The Balaban J connectivity index is 2.38. The fourth-order valence-corrected chi connectivity index (χ4v) is 2.04. The quantitative estimate of drug-likeness (QED) is 0.931. The van der Waals surface area contributed by atoms with E-state index >= 15 is 0 Å². The van der Waals surface area contributed by atoms with E-state index in [2.05, 4.69) is 0 Å². The van der Waals surface area contributed by atoms with Crippen LogP contribution in [0.5, 0.6) is 5.75 Å². The van der Waals surface area contributed by atoms with Crippen LogP contribution in [0.3, 0.4) is 0 Å². The van der Waals surface area contributed by atoms with Crippen LogP contribution in [0.25, 0.3) is 0 Å². The number of halogens is 3. The van der Waals surface area contributed by atoms with Gasteiger partial charge in [0.05, 0.1) is 12.1 Å². The van der Waals surface area contributed by atoms with Crippen LogP contribution in [0.4, 0.5) is 8.78 Å². The Morgan fingerprint density at radius 2 is 1.68 bits per heavy atom. The Morgan fingerprint density at radius 1 is 1.05 bits per heavy atom. The van der Waals surface area contributed by atoms with Gasteiger partial charge < -0.3 is 9.84 Å². The minimum Gasteiger partial charge on any atom is -0.495 e. The monoisotopic (exact) mass is 284 g/mol. The van der Waals surface area contributed by atoms with Crippen molar-refractivity contribution < 1.29 is 18.6 Å². The van der Waals surface area contributed by atoms with Gasteiger partial charge in [0.1, 0.15) is 23.5 Å². The van der Waals surface area contributed by atoms with Crippen LogP contribution in [0.2, 0.25) is 5.02 Å². The molecule has 2 rings (SSSR count). The van der Waals surface area contributed by atoms with E-state index in [4.69, 9.17) is 16.3 Å². The number of hydrogen-bond acceptors (Lipinski definition) is 2. The van der Waals surface area contributed by atoms with Gasteiger partial charge in [-0.05, 0) is 35.4 Å². The lowest BCUT2D eigenvalue weighted by Crippen LogP contribution is -2.01. The molecule has 0 bridgehead atoms. The van der Waals surface area contributed by atoms with Crippen molar-refractivity contribution in [3.63, 3.8) is 0 Å². The summed E-state index contributed by atoms with van der Waals surface area (Å²) in [6.07, 6.45) is -1.16. The third-order valence-electron chi connectivity index (χ3n) is 2.69. The summed E-state index contributed by atoms with van der Waals surface area (Å²) in [5.74, 6) is -1.02. The first-order valence-corrected chi connectivity index (χ1v) is 5.86. The third-order valence-corrected chi connectivity index (χ3v) is 2.99. The van der Waals surface area contributed by atoms with Crippen LogP contribution < -0.4 is 4.74 Å². The van der Waals surface area contributed by atoms with Gasteiger partial charge in [0.15, 0.2) is 0 Å². The van der Waals surface area contributed by atoms with Crippen molar-refractivity contribution in [2.45, 2.75) is 6.10 Å². The normalized spacial score (nSPS) is 12.3. The molecule has 5 heteroatoms. The van der Waals surface area contributed by atoms with Gasteiger partial charge in [-0.3, -0.25) is 0 Å². The van der Waals surface area contributed by atoms with Gasteiger partial charge in [-0.1, -0.05) is 17.7 Å². The molecule has 0 aliphatic carbocycles. The van der Waals surface area contributed by atoms with E-state index in [1.54, 1.807) is 12.1 Å². The molecule has 19 heavy (non-hydrogen) atoms. The molecule has 0 fully saturated rings. The Labute approximate surface area is 114 Å². The van der Waals surface area contributed by atoms with E-state index in [1.807, 2.05) is 0 Å². The highest BCUT2D eigenvalue weighted by Crippen LogP contribution is 2.30. The van der Waals surface area contributed by atoms with Crippen LogP contribution in [-0.2, 0) is 0 Å². The maximum atomic E-state index is 13.1. The molecule has 1 N–H and O–H groups in total. The first-order chi connectivity index (χ1) is 9.01. The van der Waals surface area contributed by atoms with Crippen molar-refractivity contribution in [2.75, 3.05) is 7.11 Å². The lowest BCUT2D eigenvalue weighted by atomic mass is 10.0. The van der Waals surface area contributed by atoms with E-state index in [1.165, 1.54) is 13.2 Å². The minimum atomic E-state index is -1.16. The van der Waals surface area contributed by atoms with E-state index in [0.717, 1.165) is 18.2 Å². The lowest BCUT2D eigenvalue weighted by molar-refractivity contribution is 0.219. The van der Waals surface area contributed by atoms with Gasteiger partial charge in [0, 0.05) is 6.07 Å². The van der Waals surface area contributed by atoms with Crippen LogP contribution >= 0.6 is 11.6 Å². The molecule has 2 aromatic rings. The summed E-state index contributed by atoms with van der Waals surface area (Å²) >= 11 is 5.94. The molecular weight excluding hydrogens is 274 g/mol. The summed E-state index contributed by atoms with van der Waals surface area (Å²) in [5.41, 5.74) is 0.550. The number of rotatable bonds is 3. The Bertz CT molecular complexity index is 582. The molecule has 2 nitrogen and oxygen atoms in total. The molecule has 1 unspecified atom stereocenters. The van der Waals surface area contributed by atoms with E-state index < -0.39 is 17.7 Å².